The SMILES string of the molecule is Cc1c(C)c2c(c(C)c1O)C(C)(C)O2. The molecular weight excluding hydrogens is 176 g/mol. The molecule has 0 atom stereocenters. The summed E-state index contributed by atoms with van der Waals surface area (Å²) in [4.78, 5) is 0. The molecule has 0 radical (unpaired) electrons. The van der Waals surface area contributed by atoms with Crippen LogP contribution in [0.3, 0.4) is 0 Å². The molecule has 0 aliphatic carbocycles. The van der Waals surface area contributed by atoms with Crippen LogP contribution in [0.25, 0.3) is 0 Å². The molecule has 2 heteroatoms. The van der Waals surface area contributed by atoms with Gasteiger partial charge in [-0.05, 0) is 45.7 Å². The van der Waals surface area contributed by atoms with Gasteiger partial charge in [-0.3, -0.25) is 0 Å². The Labute approximate surface area is 84.5 Å². The van der Waals surface area contributed by atoms with Crippen molar-refractivity contribution in [3.8, 4) is 11.5 Å². The van der Waals surface area contributed by atoms with Crippen molar-refractivity contribution in [3.63, 3.8) is 0 Å². The van der Waals surface area contributed by atoms with E-state index in [0.717, 1.165) is 28.0 Å². The summed E-state index contributed by atoms with van der Waals surface area (Å²) in [5.74, 6) is 1.38. The monoisotopic (exact) mass is 192 g/mol. The minimum absolute atomic E-state index is 0.241. The molecule has 0 saturated heterocycles. The van der Waals surface area contributed by atoms with Crippen molar-refractivity contribution in [3.05, 3.63) is 22.3 Å². The molecule has 1 aromatic carbocycles. The van der Waals surface area contributed by atoms with E-state index in [-0.39, 0.29) is 5.60 Å². The topological polar surface area (TPSA) is 29.5 Å². The molecule has 1 aromatic rings. The largest absolute Gasteiger partial charge is 0.507 e. The number of fused-ring (bicyclic) bond motifs is 1. The zero-order chi connectivity index (χ0) is 10.7. The molecular formula is C12H16O2. The minimum Gasteiger partial charge on any atom is -0.507 e. The maximum Gasteiger partial charge on any atom is 0.132 e. The Morgan fingerprint density at radius 1 is 1.00 bits per heavy atom. The Bertz CT molecular complexity index is 394. The Morgan fingerprint density at radius 2 is 1.57 bits per heavy atom. The van der Waals surface area contributed by atoms with E-state index in [4.69, 9.17) is 4.74 Å². The maximum absolute atomic E-state index is 9.90. The third-order valence-electron chi connectivity index (χ3n) is 3.17. The van der Waals surface area contributed by atoms with E-state index >= 15 is 0 Å². The van der Waals surface area contributed by atoms with Crippen molar-refractivity contribution < 1.29 is 9.84 Å². The third-order valence-corrected chi connectivity index (χ3v) is 3.17. The summed E-state index contributed by atoms with van der Waals surface area (Å²) in [5, 5.41) is 9.90. The summed E-state index contributed by atoms with van der Waals surface area (Å²) in [6.07, 6.45) is 0. The number of hydrogen-bond donors (Lipinski definition) is 1. The van der Waals surface area contributed by atoms with Crippen molar-refractivity contribution in [2.45, 2.75) is 40.2 Å². The minimum atomic E-state index is -0.241. The number of ether oxygens (including phenoxy) is 1. The van der Waals surface area contributed by atoms with E-state index in [1.54, 1.807) is 0 Å². The van der Waals surface area contributed by atoms with Gasteiger partial charge in [0.25, 0.3) is 0 Å². The first-order valence-corrected chi connectivity index (χ1v) is 4.88. The number of benzene rings is 1. The molecule has 0 bridgehead atoms. The van der Waals surface area contributed by atoms with Crippen LogP contribution in [-0.2, 0) is 5.60 Å². The molecule has 1 heterocycles. The fourth-order valence-corrected chi connectivity index (χ4v) is 2.22. The summed E-state index contributed by atoms with van der Waals surface area (Å²) < 4.78 is 5.71. The van der Waals surface area contributed by atoms with E-state index in [2.05, 4.69) is 0 Å². The summed E-state index contributed by atoms with van der Waals surface area (Å²) >= 11 is 0. The van der Waals surface area contributed by atoms with Crippen molar-refractivity contribution >= 4 is 0 Å². The van der Waals surface area contributed by atoms with Gasteiger partial charge in [-0.15, -0.1) is 0 Å². The predicted octanol–water partition coefficient (Wildman–Crippen LogP) is 2.94. The molecule has 14 heavy (non-hydrogen) atoms. The van der Waals surface area contributed by atoms with Crippen LogP contribution < -0.4 is 4.74 Å². The van der Waals surface area contributed by atoms with Gasteiger partial charge in [0.1, 0.15) is 17.1 Å². The standard InChI is InChI=1S/C12H16O2/c1-6-7(2)11-9(8(3)10(6)13)12(4,5)14-11/h13H,1-5H3. The highest BCUT2D eigenvalue weighted by Crippen LogP contribution is 2.51. The van der Waals surface area contributed by atoms with Crippen molar-refractivity contribution in [1.82, 2.24) is 0 Å². The van der Waals surface area contributed by atoms with Crippen LogP contribution in [-0.4, -0.2) is 5.11 Å². The molecule has 1 aliphatic rings. The Kier molecular flexibility index (Phi) is 1.63. The van der Waals surface area contributed by atoms with Crippen LogP contribution in [0, 0.1) is 20.8 Å². The number of phenolic OH excluding ortho intramolecular Hbond substituents is 1. The molecule has 2 nitrogen and oxygen atoms in total. The van der Waals surface area contributed by atoms with Gasteiger partial charge < -0.3 is 9.84 Å². The number of rotatable bonds is 0. The second-order valence-electron chi connectivity index (χ2n) is 4.54. The Balaban J connectivity index is 2.77. The van der Waals surface area contributed by atoms with Gasteiger partial charge in [0.2, 0.25) is 0 Å². The zero-order valence-electron chi connectivity index (χ0n) is 9.36. The molecule has 0 fully saturated rings. The second-order valence-corrected chi connectivity index (χ2v) is 4.54. The van der Waals surface area contributed by atoms with E-state index in [1.165, 1.54) is 0 Å². The van der Waals surface area contributed by atoms with Gasteiger partial charge in [0, 0.05) is 11.1 Å². The molecule has 0 aromatic heterocycles. The van der Waals surface area contributed by atoms with E-state index in [1.807, 2.05) is 34.6 Å². The van der Waals surface area contributed by atoms with E-state index < -0.39 is 0 Å². The predicted molar refractivity (Wildman–Crippen MR) is 56.0 cm³/mol. The van der Waals surface area contributed by atoms with Crippen LogP contribution in [0.5, 0.6) is 11.5 Å². The lowest BCUT2D eigenvalue weighted by atomic mass is 9.83. The highest BCUT2D eigenvalue weighted by molar-refractivity contribution is 5.62. The lowest BCUT2D eigenvalue weighted by Gasteiger charge is -2.41. The fourth-order valence-electron chi connectivity index (χ4n) is 2.22. The summed E-state index contributed by atoms with van der Waals surface area (Å²) in [6, 6.07) is 0. The number of hydrogen-bond acceptors (Lipinski definition) is 2. The molecule has 76 valence electrons. The molecule has 2 rings (SSSR count). The van der Waals surface area contributed by atoms with Crippen LogP contribution in [0.1, 0.15) is 36.1 Å². The highest BCUT2D eigenvalue weighted by Gasteiger charge is 2.41. The van der Waals surface area contributed by atoms with Gasteiger partial charge in [0.15, 0.2) is 0 Å². The van der Waals surface area contributed by atoms with Gasteiger partial charge >= 0.3 is 0 Å². The molecule has 1 aliphatic heterocycles. The Hall–Kier alpha value is -1.18. The summed E-state index contributed by atoms with van der Waals surface area (Å²) in [7, 11) is 0. The van der Waals surface area contributed by atoms with Crippen molar-refractivity contribution in [1.29, 1.82) is 0 Å². The van der Waals surface area contributed by atoms with Crippen LogP contribution >= 0.6 is 0 Å². The first-order valence-electron chi connectivity index (χ1n) is 4.88. The number of aromatic hydroxyl groups is 1. The van der Waals surface area contributed by atoms with Crippen molar-refractivity contribution in [2.24, 2.45) is 0 Å². The zero-order valence-corrected chi connectivity index (χ0v) is 9.36. The summed E-state index contributed by atoms with van der Waals surface area (Å²) in [5.41, 5.74) is 3.85. The van der Waals surface area contributed by atoms with Crippen LogP contribution in [0.4, 0.5) is 0 Å². The van der Waals surface area contributed by atoms with Gasteiger partial charge in [0.05, 0.1) is 0 Å². The van der Waals surface area contributed by atoms with Gasteiger partial charge in [-0.2, -0.15) is 0 Å². The van der Waals surface area contributed by atoms with Crippen LogP contribution in [0.15, 0.2) is 0 Å². The lowest BCUT2D eigenvalue weighted by molar-refractivity contribution is 0.0487. The average molecular weight is 192 g/mol. The summed E-state index contributed by atoms with van der Waals surface area (Å²) in [6.45, 7) is 9.91. The molecule has 0 amide bonds. The number of phenols is 1. The first kappa shape index (κ1) is 9.38. The highest BCUT2D eigenvalue weighted by atomic mass is 16.5. The van der Waals surface area contributed by atoms with Gasteiger partial charge in [-0.1, -0.05) is 0 Å². The lowest BCUT2D eigenvalue weighted by Crippen LogP contribution is -2.37. The normalized spacial score (nSPS) is 16.9. The van der Waals surface area contributed by atoms with Crippen molar-refractivity contribution in [2.75, 3.05) is 0 Å². The molecule has 0 saturated carbocycles. The molecule has 0 unspecified atom stereocenters. The fraction of sp³-hybridized carbons (Fsp3) is 0.500. The van der Waals surface area contributed by atoms with E-state index in [0.29, 0.717) is 5.75 Å². The second kappa shape index (κ2) is 2.44. The third kappa shape index (κ3) is 0.912. The van der Waals surface area contributed by atoms with Crippen LogP contribution in [0.2, 0.25) is 0 Å². The van der Waals surface area contributed by atoms with Gasteiger partial charge in [-0.25, -0.2) is 0 Å². The smallest absolute Gasteiger partial charge is 0.132 e. The van der Waals surface area contributed by atoms with E-state index in [9.17, 15) is 5.11 Å². The quantitative estimate of drug-likeness (QED) is 0.684. The molecule has 0 spiro atoms. The first-order chi connectivity index (χ1) is 6.36. The molecule has 1 N–H and O–H groups in total. The maximum atomic E-state index is 9.90. The Morgan fingerprint density at radius 3 is 2.07 bits per heavy atom. The average Bonchev–Trinajstić information content (AvgIpc) is 2.09.